The molecule has 0 N–H and O–H groups in total. The molecule has 3 aromatic rings. The molecule has 1 atom stereocenters. The smallest absolute Gasteiger partial charge is 0.274 e. The Morgan fingerprint density at radius 3 is 2.71 bits per heavy atom. The van der Waals surface area contributed by atoms with Crippen LogP contribution in [0.4, 0.5) is 0 Å². The summed E-state index contributed by atoms with van der Waals surface area (Å²) in [5.74, 6) is 0.395. The van der Waals surface area contributed by atoms with E-state index in [-0.39, 0.29) is 12.0 Å². The van der Waals surface area contributed by atoms with Gasteiger partial charge < -0.3 is 14.4 Å². The Hall–Kier alpha value is -3.26. The molecule has 8 nitrogen and oxygen atoms in total. The van der Waals surface area contributed by atoms with E-state index in [4.69, 9.17) is 9.47 Å². The van der Waals surface area contributed by atoms with Gasteiger partial charge in [0.15, 0.2) is 5.69 Å². The van der Waals surface area contributed by atoms with Gasteiger partial charge >= 0.3 is 0 Å². The second-order valence-corrected chi connectivity index (χ2v) is 6.50. The Kier molecular flexibility index (Phi) is 5.03. The molecule has 0 radical (unpaired) electrons. The van der Waals surface area contributed by atoms with Crippen LogP contribution < -0.4 is 4.74 Å². The molecule has 1 aliphatic rings. The fourth-order valence-electron chi connectivity index (χ4n) is 3.26. The normalized spacial score (nSPS) is 16.4. The first-order chi connectivity index (χ1) is 13.7. The summed E-state index contributed by atoms with van der Waals surface area (Å²) in [4.78, 5) is 23.4. The molecule has 4 rings (SSSR count). The molecule has 1 amide bonds. The van der Waals surface area contributed by atoms with Crippen LogP contribution in [0.15, 0.2) is 48.8 Å². The Morgan fingerprint density at radius 1 is 1.18 bits per heavy atom. The van der Waals surface area contributed by atoms with Crippen LogP contribution in [-0.4, -0.2) is 64.0 Å². The highest BCUT2D eigenvalue weighted by Crippen LogP contribution is 2.24. The second kappa shape index (κ2) is 7.77. The zero-order chi connectivity index (χ0) is 19.5. The lowest BCUT2D eigenvalue weighted by molar-refractivity contribution is 0.0718. The van der Waals surface area contributed by atoms with Crippen LogP contribution in [0.3, 0.4) is 0 Å². The molecular formula is C20H21N5O3. The van der Waals surface area contributed by atoms with Crippen molar-refractivity contribution in [2.45, 2.75) is 12.5 Å². The standard InChI is InChI=1S/C20H21N5O3/c1-27-15-8-10-24(13-15)20(26)17-11-18(16-5-3-4-9-21-16)25(23-17)14-6-7-19(28-2)22-12-14/h3-7,9,11-12,15H,8,10,13H2,1-2H3/t15-/m1/s1. The minimum absolute atomic E-state index is 0.0760. The maximum atomic E-state index is 13.0. The van der Waals surface area contributed by atoms with E-state index in [1.54, 1.807) is 48.3 Å². The van der Waals surface area contributed by atoms with Gasteiger partial charge in [-0.2, -0.15) is 5.10 Å². The van der Waals surface area contributed by atoms with Crippen LogP contribution in [0.2, 0.25) is 0 Å². The molecule has 0 aromatic carbocycles. The third-order valence-corrected chi connectivity index (χ3v) is 4.80. The highest BCUT2D eigenvalue weighted by molar-refractivity contribution is 5.93. The summed E-state index contributed by atoms with van der Waals surface area (Å²) in [6, 6.07) is 11.0. The lowest BCUT2D eigenvalue weighted by atomic mass is 10.2. The quantitative estimate of drug-likeness (QED) is 0.676. The molecule has 1 fully saturated rings. The number of likely N-dealkylation sites (tertiary alicyclic amines) is 1. The first-order valence-electron chi connectivity index (χ1n) is 9.03. The molecule has 8 heteroatoms. The van der Waals surface area contributed by atoms with Crippen LogP contribution in [-0.2, 0) is 4.74 Å². The number of nitrogens with zero attached hydrogens (tertiary/aromatic N) is 5. The fraction of sp³-hybridized carbons (Fsp3) is 0.300. The molecule has 1 aliphatic heterocycles. The number of methoxy groups -OCH3 is 2. The highest BCUT2D eigenvalue weighted by Gasteiger charge is 2.29. The Labute approximate surface area is 162 Å². The molecule has 0 saturated carbocycles. The molecule has 144 valence electrons. The first kappa shape index (κ1) is 18.1. The van der Waals surface area contributed by atoms with Crippen molar-refractivity contribution in [3.8, 4) is 23.0 Å². The minimum Gasteiger partial charge on any atom is -0.481 e. The van der Waals surface area contributed by atoms with Crippen molar-refractivity contribution in [3.05, 3.63) is 54.5 Å². The Morgan fingerprint density at radius 2 is 2.07 bits per heavy atom. The number of carbonyl (C=O) groups is 1. The number of hydrogen-bond acceptors (Lipinski definition) is 6. The number of rotatable bonds is 5. The number of carbonyl (C=O) groups excluding carboxylic acids is 1. The van der Waals surface area contributed by atoms with Crippen LogP contribution in [0, 0.1) is 0 Å². The van der Waals surface area contributed by atoms with Gasteiger partial charge in [-0.1, -0.05) is 6.07 Å². The molecule has 4 heterocycles. The van der Waals surface area contributed by atoms with Crippen molar-refractivity contribution in [1.82, 2.24) is 24.6 Å². The van der Waals surface area contributed by atoms with E-state index >= 15 is 0 Å². The van der Waals surface area contributed by atoms with Crippen molar-refractivity contribution < 1.29 is 14.3 Å². The predicted octanol–water partition coefficient (Wildman–Crippen LogP) is 2.20. The minimum atomic E-state index is -0.114. The number of hydrogen-bond donors (Lipinski definition) is 0. The van der Waals surface area contributed by atoms with Gasteiger partial charge in [0.25, 0.3) is 5.91 Å². The summed E-state index contributed by atoms with van der Waals surface area (Å²) in [7, 11) is 3.23. The van der Waals surface area contributed by atoms with E-state index in [9.17, 15) is 4.79 Å². The monoisotopic (exact) mass is 379 g/mol. The summed E-state index contributed by atoms with van der Waals surface area (Å²) in [5, 5.41) is 4.57. The molecule has 0 unspecified atom stereocenters. The van der Waals surface area contributed by atoms with E-state index in [0.717, 1.165) is 23.5 Å². The zero-order valence-corrected chi connectivity index (χ0v) is 15.8. The second-order valence-electron chi connectivity index (χ2n) is 6.50. The summed E-state index contributed by atoms with van der Waals surface area (Å²) < 4.78 is 12.2. The maximum Gasteiger partial charge on any atom is 0.274 e. The lowest BCUT2D eigenvalue weighted by Crippen LogP contribution is -2.30. The van der Waals surface area contributed by atoms with Gasteiger partial charge in [0.1, 0.15) is 0 Å². The number of amides is 1. The molecule has 0 aliphatic carbocycles. The number of aromatic nitrogens is 4. The molecule has 0 spiro atoms. The fourth-order valence-corrected chi connectivity index (χ4v) is 3.26. The average molecular weight is 379 g/mol. The van der Waals surface area contributed by atoms with Crippen molar-refractivity contribution in [1.29, 1.82) is 0 Å². The van der Waals surface area contributed by atoms with Gasteiger partial charge in [-0.05, 0) is 30.7 Å². The summed E-state index contributed by atoms with van der Waals surface area (Å²) >= 11 is 0. The molecule has 28 heavy (non-hydrogen) atoms. The predicted molar refractivity (Wildman–Crippen MR) is 102 cm³/mol. The van der Waals surface area contributed by atoms with Gasteiger partial charge in [0, 0.05) is 32.5 Å². The SMILES string of the molecule is COc1ccc(-n2nc(C(=O)N3CC[C@@H](OC)C3)cc2-c2ccccn2)cn1. The number of ether oxygens (including phenoxy) is 2. The highest BCUT2D eigenvalue weighted by atomic mass is 16.5. The van der Waals surface area contributed by atoms with Gasteiger partial charge in [-0.25, -0.2) is 9.67 Å². The van der Waals surface area contributed by atoms with Crippen molar-refractivity contribution in [3.63, 3.8) is 0 Å². The zero-order valence-electron chi connectivity index (χ0n) is 15.8. The van der Waals surface area contributed by atoms with Crippen molar-refractivity contribution in [2.24, 2.45) is 0 Å². The van der Waals surface area contributed by atoms with Crippen LogP contribution in [0.1, 0.15) is 16.9 Å². The van der Waals surface area contributed by atoms with Crippen molar-refractivity contribution in [2.75, 3.05) is 27.3 Å². The summed E-state index contributed by atoms with van der Waals surface area (Å²) in [6.45, 7) is 1.23. The van der Waals surface area contributed by atoms with E-state index in [2.05, 4.69) is 15.1 Å². The van der Waals surface area contributed by atoms with Crippen molar-refractivity contribution >= 4 is 5.91 Å². The van der Waals surface area contributed by atoms with E-state index < -0.39 is 0 Å². The summed E-state index contributed by atoms with van der Waals surface area (Å²) in [6.07, 6.45) is 4.28. The van der Waals surface area contributed by atoms with Crippen LogP contribution >= 0.6 is 0 Å². The first-order valence-corrected chi connectivity index (χ1v) is 9.03. The average Bonchev–Trinajstić information content (AvgIpc) is 3.41. The molecule has 3 aromatic heterocycles. The summed E-state index contributed by atoms with van der Waals surface area (Å²) in [5.41, 5.74) is 2.53. The lowest BCUT2D eigenvalue weighted by Gasteiger charge is -2.14. The Balaban J connectivity index is 1.73. The van der Waals surface area contributed by atoms with Crippen LogP contribution in [0.25, 0.3) is 17.1 Å². The topological polar surface area (TPSA) is 82.4 Å². The Bertz CT molecular complexity index is 956. The molecule has 0 bridgehead atoms. The van der Waals surface area contributed by atoms with E-state index in [1.807, 2.05) is 24.3 Å². The van der Waals surface area contributed by atoms with Gasteiger partial charge in [-0.15, -0.1) is 0 Å². The molecular weight excluding hydrogens is 358 g/mol. The van der Waals surface area contributed by atoms with E-state index in [0.29, 0.717) is 24.7 Å². The largest absolute Gasteiger partial charge is 0.481 e. The maximum absolute atomic E-state index is 13.0. The number of pyridine rings is 2. The van der Waals surface area contributed by atoms with Crippen LogP contribution in [0.5, 0.6) is 5.88 Å². The van der Waals surface area contributed by atoms with Gasteiger partial charge in [0.2, 0.25) is 5.88 Å². The third-order valence-electron chi connectivity index (χ3n) is 4.80. The van der Waals surface area contributed by atoms with Gasteiger partial charge in [-0.3, -0.25) is 9.78 Å². The van der Waals surface area contributed by atoms with Gasteiger partial charge in [0.05, 0.1) is 36.5 Å². The molecule has 1 saturated heterocycles. The third kappa shape index (κ3) is 3.46. The van der Waals surface area contributed by atoms with E-state index in [1.165, 1.54) is 0 Å².